The molecule has 3 aromatic carbocycles. The molecule has 0 unspecified atom stereocenters. The van der Waals surface area contributed by atoms with E-state index in [0.717, 1.165) is 16.3 Å². The first-order valence-corrected chi connectivity index (χ1v) is 8.23. The average Bonchev–Trinajstić information content (AvgIpc) is 2.65. The fourth-order valence-corrected chi connectivity index (χ4v) is 2.46. The van der Waals surface area contributed by atoms with Crippen LogP contribution in [0, 0.1) is 0 Å². The number of hydrogen-bond acceptors (Lipinski definition) is 3. The third-order valence-electron chi connectivity index (χ3n) is 3.84. The van der Waals surface area contributed by atoms with Gasteiger partial charge in [-0.2, -0.15) is 5.10 Å². The summed E-state index contributed by atoms with van der Waals surface area (Å²) < 4.78 is 5.71. The lowest BCUT2D eigenvalue weighted by atomic mass is 10.1. The highest BCUT2D eigenvalue weighted by Crippen LogP contribution is 2.21. The number of fused-ring (bicyclic) bond motifs is 1. The molecule has 0 aliphatic carbocycles. The Hall–Kier alpha value is -3.14. The van der Waals surface area contributed by atoms with E-state index >= 15 is 0 Å². The van der Waals surface area contributed by atoms with Gasteiger partial charge >= 0.3 is 0 Å². The van der Waals surface area contributed by atoms with Gasteiger partial charge in [-0.15, -0.1) is 0 Å². The normalized spacial score (nSPS) is 12.2. The number of benzene rings is 3. The Labute approximate surface area is 147 Å². The molecule has 3 rings (SSSR count). The zero-order valence-electron chi connectivity index (χ0n) is 14.1. The summed E-state index contributed by atoms with van der Waals surface area (Å²) in [7, 11) is 0. The molecule has 3 aromatic rings. The molecule has 1 N–H and O–H groups in total. The number of rotatable bonds is 6. The van der Waals surface area contributed by atoms with Gasteiger partial charge in [0.05, 0.1) is 0 Å². The Morgan fingerprint density at radius 2 is 1.76 bits per heavy atom. The molecule has 0 aromatic heterocycles. The first kappa shape index (κ1) is 16.7. The van der Waals surface area contributed by atoms with Gasteiger partial charge in [0.1, 0.15) is 5.75 Å². The molecule has 4 nitrogen and oxygen atoms in total. The molecule has 0 aliphatic rings. The summed E-state index contributed by atoms with van der Waals surface area (Å²) in [6.07, 6.45) is 1.71. The summed E-state index contributed by atoms with van der Waals surface area (Å²) in [5, 5.41) is 6.19. The van der Waals surface area contributed by atoms with Gasteiger partial charge in [-0.25, -0.2) is 5.43 Å². The van der Waals surface area contributed by atoms with Crippen LogP contribution in [0.3, 0.4) is 0 Å². The minimum atomic E-state index is -0.630. The van der Waals surface area contributed by atoms with Crippen LogP contribution in [0.25, 0.3) is 10.8 Å². The van der Waals surface area contributed by atoms with Crippen molar-refractivity contribution in [1.29, 1.82) is 0 Å². The van der Waals surface area contributed by atoms with Crippen LogP contribution in [-0.4, -0.2) is 18.2 Å². The number of carbonyl (C=O) groups excluding carboxylic acids is 1. The second kappa shape index (κ2) is 8.11. The zero-order valence-corrected chi connectivity index (χ0v) is 14.1. The Bertz CT molecular complexity index is 875. The van der Waals surface area contributed by atoms with Crippen LogP contribution in [0.5, 0.6) is 5.75 Å². The molecule has 25 heavy (non-hydrogen) atoms. The molecule has 0 bridgehead atoms. The van der Waals surface area contributed by atoms with Crippen LogP contribution in [0.15, 0.2) is 77.9 Å². The number of nitrogens with one attached hydrogen (secondary N) is 1. The largest absolute Gasteiger partial charge is 0.481 e. The van der Waals surface area contributed by atoms with Crippen molar-refractivity contribution in [2.75, 3.05) is 0 Å². The molecular formula is C21H20N2O2. The number of amides is 1. The first-order chi connectivity index (χ1) is 12.2. The van der Waals surface area contributed by atoms with E-state index in [1.807, 2.05) is 72.8 Å². The van der Waals surface area contributed by atoms with Crippen molar-refractivity contribution in [3.05, 3.63) is 78.4 Å². The molecule has 0 radical (unpaired) electrons. The number of hydrogen-bond donors (Lipinski definition) is 1. The Morgan fingerprint density at radius 1 is 1.04 bits per heavy atom. The van der Waals surface area contributed by atoms with Crippen molar-refractivity contribution in [2.45, 2.75) is 19.4 Å². The van der Waals surface area contributed by atoms with E-state index in [2.05, 4.69) is 10.5 Å². The maximum absolute atomic E-state index is 12.1. The number of hydrazone groups is 1. The number of carbonyl (C=O) groups is 1. The van der Waals surface area contributed by atoms with Gasteiger partial charge in [0.15, 0.2) is 6.10 Å². The topological polar surface area (TPSA) is 50.7 Å². The van der Waals surface area contributed by atoms with Crippen LogP contribution < -0.4 is 10.2 Å². The fraction of sp³-hybridized carbons (Fsp3) is 0.143. The molecule has 0 spiro atoms. The van der Waals surface area contributed by atoms with Crippen LogP contribution in [0.2, 0.25) is 0 Å². The van der Waals surface area contributed by atoms with E-state index in [1.165, 1.54) is 0 Å². The summed E-state index contributed by atoms with van der Waals surface area (Å²) >= 11 is 0. The summed E-state index contributed by atoms with van der Waals surface area (Å²) in [5.41, 5.74) is 3.66. The molecule has 0 saturated carbocycles. The van der Waals surface area contributed by atoms with E-state index in [1.54, 1.807) is 13.1 Å². The molecular weight excluding hydrogens is 312 g/mol. The van der Waals surface area contributed by atoms with E-state index in [-0.39, 0.29) is 5.91 Å². The van der Waals surface area contributed by atoms with Crippen molar-refractivity contribution >= 4 is 22.9 Å². The second-order valence-corrected chi connectivity index (χ2v) is 5.75. The zero-order chi connectivity index (χ0) is 17.5. The smallest absolute Gasteiger partial charge is 0.280 e. The lowest BCUT2D eigenvalue weighted by Crippen LogP contribution is -2.33. The first-order valence-electron chi connectivity index (χ1n) is 8.23. The highest BCUT2D eigenvalue weighted by Gasteiger charge is 2.13. The average molecular weight is 332 g/mol. The Morgan fingerprint density at radius 3 is 2.56 bits per heavy atom. The lowest BCUT2D eigenvalue weighted by molar-refractivity contribution is -0.127. The van der Waals surface area contributed by atoms with Crippen LogP contribution >= 0.6 is 0 Å². The third-order valence-corrected chi connectivity index (χ3v) is 3.84. The molecule has 0 aliphatic heterocycles. The third kappa shape index (κ3) is 4.67. The number of nitrogens with zero attached hydrogens (tertiary/aromatic N) is 1. The van der Waals surface area contributed by atoms with E-state index in [4.69, 9.17) is 4.74 Å². The SMILES string of the molecule is C[C@@H](Oc1ccc2ccccc2c1)C(=O)N/N=C\Cc1ccccc1. The maximum Gasteiger partial charge on any atom is 0.280 e. The van der Waals surface area contributed by atoms with Gasteiger partial charge in [0, 0.05) is 12.6 Å². The van der Waals surface area contributed by atoms with Crippen LogP contribution in [-0.2, 0) is 11.2 Å². The minimum Gasteiger partial charge on any atom is -0.481 e. The molecule has 4 heteroatoms. The summed E-state index contributed by atoms with van der Waals surface area (Å²) in [5.74, 6) is 0.382. The van der Waals surface area contributed by atoms with Crippen molar-refractivity contribution in [3.8, 4) is 5.75 Å². The fourth-order valence-electron chi connectivity index (χ4n) is 2.46. The summed E-state index contributed by atoms with van der Waals surface area (Å²) in [4.78, 5) is 12.1. The van der Waals surface area contributed by atoms with Crippen molar-refractivity contribution in [1.82, 2.24) is 5.43 Å². The van der Waals surface area contributed by atoms with Crippen molar-refractivity contribution in [2.24, 2.45) is 5.10 Å². The lowest BCUT2D eigenvalue weighted by Gasteiger charge is -2.13. The highest BCUT2D eigenvalue weighted by atomic mass is 16.5. The monoisotopic (exact) mass is 332 g/mol. The van der Waals surface area contributed by atoms with Gasteiger partial charge < -0.3 is 4.74 Å². The van der Waals surface area contributed by atoms with E-state index in [9.17, 15) is 4.79 Å². The van der Waals surface area contributed by atoms with E-state index in [0.29, 0.717) is 12.2 Å². The molecule has 0 heterocycles. The molecule has 0 fully saturated rings. The second-order valence-electron chi connectivity index (χ2n) is 5.75. The van der Waals surface area contributed by atoms with Gasteiger partial charge in [-0.1, -0.05) is 60.7 Å². The quantitative estimate of drug-likeness (QED) is 0.549. The summed E-state index contributed by atoms with van der Waals surface area (Å²) in [6, 6.07) is 23.7. The standard InChI is InChI=1S/C21H20N2O2/c1-16(21(24)23-22-14-13-17-7-3-2-4-8-17)25-20-12-11-18-9-5-6-10-19(18)15-20/h2-12,14-16H,13H2,1H3,(H,23,24)/b22-14-/t16-/m1/s1. The molecule has 1 amide bonds. The predicted molar refractivity (Wildman–Crippen MR) is 101 cm³/mol. The van der Waals surface area contributed by atoms with Gasteiger partial charge in [-0.05, 0) is 35.4 Å². The Balaban J connectivity index is 1.53. The summed E-state index contributed by atoms with van der Waals surface area (Å²) in [6.45, 7) is 1.71. The number of ether oxygens (including phenoxy) is 1. The minimum absolute atomic E-state index is 0.280. The van der Waals surface area contributed by atoms with Crippen LogP contribution in [0.4, 0.5) is 0 Å². The van der Waals surface area contributed by atoms with Crippen LogP contribution in [0.1, 0.15) is 12.5 Å². The van der Waals surface area contributed by atoms with Gasteiger partial charge in [-0.3, -0.25) is 4.79 Å². The maximum atomic E-state index is 12.1. The van der Waals surface area contributed by atoms with Gasteiger partial charge in [0.2, 0.25) is 0 Å². The van der Waals surface area contributed by atoms with Gasteiger partial charge in [0.25, 0.3) is 5.91 Å². The Kier molecular flexibility index (Phi) is 5.42. The van der Waals surface area contributed by atoms with E-state index < -0.39 is 6.10 Å². The molecule has 0 saturated heterocycles. The van der Waals surface area contributed by atoms with Crippen molar-refractivity contribution < 1.29 is 9.53 Å². The van der Waals surface area contributed by atoms with Crippen molar-refractivity contribution in [3.63, 3.8) is 0 Å². The predicted octanol–water partition coefficient (Wildman–Crippen LogP) is 3.95. The molecule has 1 atom stereocenters. The highest BCUT2D eigenvalue weighted by molar-refractivity contribution is 5.84. The molecule has 126 valence electrons.